The lowest BCUT2D eigenvalue weighted by Crippen LogP contribution is -2.12. The van der Waals surface area contributed by atoms with E-state index in [0.717, 1.165) is 24.5 Å². The number of rotatable bonds is 4. The predicted octanol–water partition coefficient (Wildman–Crippen LogP) is 4.39. The largest absolute Gasteiger partial charge is 0.451 e. The summed E-state index contributed by atoms with van der Waals surface area (Å²) in [6, 6.07) is 13.1. The fraction of sp³-hybridized carbons (Fsp3) is 0.0556. The second kappa shape index (κ2) is 6.93. The molecule has 5 nitrogen and oxygen atoms in total. The van der Waals surface area contributed by atoms with Crippen molar-refractivity contribution in [2.45, 2.75) is 4.90 Å². The maximum atomic E-state index is 13.9. The molecule has 0 bridgehead atoms. The molecule has 0 aliphatic carbocycles. The van der Waals surface area contributed by atoms with Crippen LogP contribution in [0.1, 0.15) is 10.6 Å². The van der Waals surface area contributed by atoms with Crippen molar-refractivity contribution >= 4 is 33.0 Å². The van der Waals surface area contributed by atoms with Crippen LogP contribution in [0.25, 0.3) is 11.3 Å². The molecule has 8 heteroatoms. The number of anilines is 1. The fourth-order valence-corrected chi connectivity index (χ4v) is 3.16. The van der Waals surface area contributed by atoms with Crippen molar-refractivity contribution in [2.24, 2.45) is 0 Å². The van der Waals surface area contributed by atoms with Gasteiger partial charge in [0.2, 0.25) is 0 Å². The van der Waals surface area contributed by atoms with Crippen LogP contribution >= 0.6 is 11.6 Å². The molecule has 0 atom stereocenters. The minimum Gasteiger partial charge on any atom is -0.451 e. The molecule has 0 spiro atoms. The van der Waals surface area contributed by atoms with Crippen molar-refractivity contribution in [3.63, 3.8) is 0 Å². The van der Waals surface area contributed by atoms with E-state index in [4.69, 9.17) is 16.0 Å². The van der Waals surface area contributed by atoms with Crippen LogP contribution in [-0.4, -0.2) is 20.6 Å². The Kier molecular flexibility index (Phi) is 4.84. The molecule has 0 saturated carbocycles. The minimum atomic E-state index is -3.54. The third kappa shape index (κ3) is 3.79. The van der Waals surface area contributed by atoms with Gasteiger partial charge in [0.15, 0.2) is 15.6 Å². The molecule has 0 unspecified atom stereocenters. The second-order valence-corrected chi connectivity index (χ2v) is 7.93. The highest BCUT2D eigenvalue weighted by atomic mass is 35.5. The Morgan fingerprint density at radius 2 is 1.85 bits per heavy atom. The van der Waals surface area contributed by atoms with Gasteiger partial charge in [0.05, 0.1) is 15.6 Å². The fourth-order valence-electron chi connectivity index (χ4n) is 2.28. The number of carbonyl (C=O) groups is 1. The van der Waals surface area contributed by atoms with Gasteiger partial charge in [-0.3, -0.25) is 4.79 Å². The lowest BCUT2D eigenvalue weighted by Gasteiger charge is -2.07. The van der Waals surface area contributed by atoms with Crippen molar-refractivity contribution < 1.29 is 22.0 Å². The zero-order chi connectivity index (χ0) is 18.9. The Hall–Kier alpha value is -2.64. The molecular formula is C18H13ClFNO4S. The van der Waals surface area contributed by atoms with Crippen molar-refractivity contribution in [1.29, 1.82) is 0 Å². The molecule has 0 fully saturated rings. The Morgan fingerprint density at radius 1 is 1.12 bits per heavy atom. The quantitative estimate of drug-likeness (QED) is 0.667. The molecule has 0 aliphatic heterocycles. The van der Waals surface area contributed by atoms with E-state index in [1.54, 1.807) is 30.3 Å². The first kappa shape index (κ1) is 18.2. The highest BCUT2D eigenvalue weighted by Gasteiger charge is 2.17. The Morgan fingerprint density at radius 3 is 2.54 bits per heavy atom. The Bertz CT molecular complexity index is 1090. The summed E-state index contributed by atoms with van der Waals surface area (Å²) in [6.07, 6.45) is 0.994. The van der Waals surface area contributed by atoms with E-state index in [2.05, 4.69) is 5.32 Å². The van der Waals surface area contributed by atoms with Crippen LogP contribution in [0.4, 0.5) is 10.1 Å². The van der Waals surface area contributed by atoms with Crippen molar-refractivity contribution in [3.05, 3.63) is 71.2 Å². The third-order valence-corrected chi connectivity index (χ3v) is 5.02. The molecule has 134 valence electrons. The van der Waals surface area contributed by atoms with Gasteiger partial charge in [0.1, 0.15) is 11.6 Å². The average molecular weight is 394 g/mol. The topological polar surface area (TPSA) is 76.4 Å². The number of furan rings is 1. The van der Waals surface area contributed by atoms with Crippen molar-refractivity contribution in [3.8, 4) is 11.3 Å². The summed E-state index contributed by atoms with van der Waals surface area (Å²) in [7, 11) is -3.54. The number of carbonyl (C=O) groups excluding carboxylic acids is 1. The summed E-state index contributed by atoms with van der Waals surface area (Å²) in [4.78, 5) is 12.2. The monoisotopic (exact) mass is 393 g/mol. The van der Waals surface area contributed by atoms with Gasteiger partial charge in [-0.15, -0.1) is 0 Å². The van der Waals surface area contributed by atoms with Crippen LogP contribution in [0.15, 0.2) is 63.9 Å². The van der Waals surface area contributed by atoms with Gasteiger partial charge >= 0.3 is 0 Å². The standard InChI is InChI=1S/C18H13ClFNO4S/c1-26(23,24)11-6-7-14(20)15(10-11)21-18(22)17-9-8-16(25-17)12-4-2-3-5-13(12)19/h2-10H,1H3,(H,21,22). The number of hydrogen-bond acceptors (Lipinski definition) is 4. The van der Waals surface area contributed by atoms with Gasteiger partial charge in [-0.2, -0.15) is 0 Å². The summed E-state index contributed by atoms with van der Waals surface area (Å²) in [5, 5.41) is 2.77. The Labute approximate surface area is 154 Å². The van der Waals surface area contributed by atoms with Gasteiger partial charge in [-0.05, 0) is 42.5 Å². The number of hydrogen-bond donors (Lipinski definition) is 1. The highest BCUT2D eigenvalue weighted by Crippen LogP contribution is 2.29. The molecule has 1 heterocycles. The molecule has 0 aliphatic rings. The normalized spacial score (nSPS) is 11.3. The summed E-state index contributed by atoms with van der Waals surface area (Å²) in [5.41, 5.74) is 0.354. The van der Waals surface area contributed by atoms with E-state index in [-0.39, 0.29) is 16.3 Å². The Balaban J connectivity index is 1.87. The molecule has 2 aromatic carbocycles. The van der Waals surface area contributed by atoms with Gasteiger partial charge in [-0.1, -0.05) is 23.7 Å². The van der Waals surface area contributed by atoms with Crippen LogP contribution in [0.5, 0.6) is 0 Å². The van der Waals surface area contributed by atoms with E-state index >= 15 is 0 Å². The van der Waals surface area contributed by atoms with E-state index in [1.807, 2.05) is 0 Å². The molecule has 3 aromatic rings. The molecule has 3 rings (SSSR count). The molecular weight excluding hydrogens is 381 g/mol. The van der Waals surface area contributed by atoms with Crippen molar-refractivity contribution in [2.75, 3.05) is 11.6 Å². The van der Waals surface area contributed by atoms with E-state index in [9.17, 15) is 17.6 Å². The minimum absolute atomic E-state index is 0.0657. The molecule has 0 radical (unpaired) electrons. The zero-order valence-corrected chi connectivity index (χ0v) is 15.1. The SMILES string of the molecule is CS(=O)(=O)c1ccc(F)c(NC(=O)c2ccc(-c3ccccc3Cl)o2)c1. The average Bonchev–Trinajstić information content (AvgIpc) is 3.06. The smallest absolute Gasteiger partial charge is 0.291 e. The van der Waals surface area contributed by atoms with Crippen LogP contribution in [-0.2, 0) is 9.84 Å². The van der Waals surface area contributed by atoms with Crippen molar-refractivity contribution in [1.82, 2.24) is 0 Å². The first-order valence-electron chi connectivity index (χ1n) is 7.41. The van der Waals surface area contributed by atoms with E-state index in [0.29, 0.717) is 16.3 Å². The van der Waals surface area contributed by atoms with Gasteiger partial charge in [0, 0.05) is 11.8 Å². The molecule has 1 N–H and O–H groups in total. The number of amides is 1. The van der Waals surface area contributed by atoms with Gasteiger partial charge in [-0.25, -0.2) is 12.8 Å². The molecule has 26 heavy (non-hydrogen) atoms. The van der Waals surface area contributed by atoms with Crippen LogP contribution < -0.4 is 5.32 Å². The zero-order valence-electron chi connectivity index (χ0n) is 13.5. The summed E-state index contributed by atoms with van der Waals surface area (Å²) >= 11 is 6.09. The second-order valence-electron chi connectivity index (χ2n) is 5.51. The van der Waals surface area contributed by atoms with E-state index in [1.165, 1.54) is 6.07 Å². The van der Waals surface area contributed by atoms with Crippen LogP contribution in [0.3, 0.4) is 0 Å². The molecule has 1 aromatic heterocycles. The third-order valence-electron chi connectivity index (χ3n) is 3.58. The first-order chi connectivity index (χ1) is 12.3. The summed E-state index contributed by atoms with van der Waals surface area (Å²) in [6.45, 7) is 0. The molecule has 0 saturated heterocycles. The predicted molar refractivity (Wildman–Crippen MR) is 96.6 cm³/mol. The van der Waals surface area contributed by atoms with Crippen LogP contribution in [0, 0.1) is 5.82 Å². The lowest BCUT2D eigenvalue weighted by atomic mass is 10.2. The highest BCUT2D eigenvalue weighted by molar-refractivity contribution is 7.90. The van der Waals surface area contributed by atoms with Gasteiger partial charge < -0.3 is 9.73 Å². The maximum absolute atomic E-state index is 13.9. The van der Waals surface area contributed by atoms with Crippen LogP contribution in [0.2, 0.25) is 5.02 Å². The lowest BCUT2D eigenvalue weighted by molar-refractivity contribution is 0.0997. The number of benzene rings is 2. The molecule has 1 amide bonds. The maximum Gasteiger partial charge on any atom is 0.291 e. The summed E-state index contributed by atoms with van der Waals surface area (Å²) in [5.74, 6) is -1.16. The first-order valence-corrected chi connectivity index (χ1v) is 9.68. The number of nitrogens with one attached hydrogen (secondary N) is 1. The van der Waals surface area contributed by atoms with E-state index < -0.39 is 21.6 Å². The van der Waals surface area contributed by atoms with Gasteiger partial charge in [0.25, 0.3) is 5.91 Å². The number of sulfone groups is 1. The summed E-state index contributed by atoms with van der Waals surface area (Å²) < 4.78 is 42.5. The number of halogens is 2.